The van der Waals surface area contributed by atoms with Gasteiger partial charge in [0.25, 0.3) is 0 Å². The molecule has 182 valence electrons. The van der Waals surface area contributed by atoms with Crippen LogP contribution in [0.3, 0.4) is 0 Å². The second-order valence-corrected chi connectivity index (χ2v) is 8.83. The predicted octanol–water partition coefficient (Wildman–Crippen LogP) is 6.32. The van der Waals surface area contributed by atoms with E-state index in [1.54, 1.807) is 26.0 Å². The summed E-state index contributed by atoms with van der Waals surface area (Å²) in [4.78, 5) is 19.4. The van der Waals surface area contributed by atoms with E-state index in [2.05, 4.69) is 23.5 Å². The molecular formula is C27H27F3N4O. The summed E-state index contributed by atoms with van der Waals surface area (Å²) < 4.78 is 45.9. The Labute approximate surface area is 201 Å². The summed E-state index contributed by atoms with van der Waals surface area (Å²) in [5.74, 6) is -1.84. The monoisotopic (exact) mass is 480 g/mol. The molecule has 2 aromatic heterocycles. The zero-order valence-electron chi connectivity index (χ0n) is 19.8. The maximum Gasteiger partial charge on any atom is 0.193 e. The number of fused-ring (bicyclic) bond motifs is 1. The molecule has 5 nitrogen and oxygen atoms in total. The first-order chi connectivity index (χ1) is 16.7. The largest absolute Gasteiger partial charge is 0.354 e. The van der Waals surface area contributed by atoms with Crippen molar-refractivity contribution in [1.82, 2.24) is 9.55 Å². The summed E-state index contributed by atoms with van der Waals surface area (Å²) in [6, 6.07) is 6.80. The molecule has 0 unspecified atom stereocenters. The minimum atomic E-state index is -0.794. The van der Waals surface area contributed by atoms with Crippen LogP contribution in [0, 0.1) is 18.6 Å². The number of aryl methyl sites for hydroxylation is 1. The van der Waals surface area contributed by atoms with Crippen LogP contribution in [0.15, 0.2) is 71.5 Å². The molecule has 0 bridgehead atoms. The lowest BCUT2D eigenvalue weighted by molar-refractivity contribution is 0.550. The van der Waals surface area contributed by atoms with Crippen molar-refractivity contribution in [2.75, 3.05) is 23.3 Å². The number of allylic oxidation sites excluding steroid dienone is 3. The molecule has 0 radical (unpaired) electrons. The average Bonchev–Trinajstić information content (AvgIpc) is 2.81. The summed E-state index contributed by atoms with van der Waals surface area (Å²) in [7, 11) is 0. The highest BCUT2D eigenvalue weighted by Gasteiger charge is 2.22. The van der Waals surface area contributed by atoms with Crippen molar-refractivity contribution in [1.29, 1.82) is 0 Å². The first-order valence-corrected chi connectivity index (χ1v) is 11.4. The number of pyridine rings is 2. The van der Waals surface area contributed by atoms with Gasteiger partial charge in [-0.25, -0.2) is 18.2 Å². The van der Waals surface area contributed by atoms with Gasteiger partial charge in [0.2, 0.25) is 0 Å². The molecule has 1 aliphatic heterocycles. The highest BCUT2D eigenvalue weighted by Crippen LogP contribution is 2.30. The molecule has 1 aliphatic rings. The zero-order valence-corrected chi connectivity index (χ0v) is 19.8. The topological polar surface area (TPSA) is 50.2 Å². The van der Waals surface area contributed by atoms with Gasteiger partial charge in [-0.1, -0.05) is 24.8 Å². The van der Waals surface area contributed by atoms with Gasteiger partial charge in [-0.05, 0) is 62.9 Å². The van der Waals surface area contributed by atoms with Crippen molar-refractivity contribution < 1.29 is 13.2 Å². The van der Waals surface area contributed by atoms with Crippen molar-refractivity contribution >= 4 is 22.7 Å². The number of aromatic nitrogens is 2. The van der Waals surface area contributed by atoms with E-state index in [1.807, 2.05) is 4.90 Å². The van der Waals surface area contributed by atoms with E-state index >= 15 is 8.78 Å². The van der Waals surface area contributed by atoms with E-state index in [0.29, 0.717) is 18.7 Å². The number of halogens is 3. The summed E-state index contributed by atoms with van der Waals surface area (Å²) >= 11 is 0. The van der Waals surface area contributed by atoms with Crippen LogP contribution >= 0.6 is 0 Å². The molecule has 1 N–H and O–H groups in total. The molecule has 0 amide bonds. The van der Waals surface area contributed by atoms with Gasteiger partial charge in [0.05, 0.1) is 16.8 Å². The molecule has 0 aliphatic carbocycles. The Balaban J connectivity index is 2.05. The molecule has 3 heterocycles. The Kier molecular flexibility index (Phi) is 6.82. The standard InChI is InChI=1S/C27H27F3N4O/c1-16(2)12-22(18(4)28)31-25-15-24(35)19-14-21(30)27(33-10-6-5-7-11-33)32-26(19)34(25)23-13-17(3)8-9-20(23)29/h8-9,12-15,31H,1,4-7,10-11H2,2-3H3/b22-12+. The van der Waals surface area contributed by atoms with Crippen molar-refractivity contribution in [2.45, 2.75) is 33.1 Å². The van der Waals surface area contributed by atoms with Crippen molar-refractivity contribution in [3.05, 3.63) is 94.1 Å². The Morgan fingerprint density at radius 2 is 1.80 bits per heavy atom. The number of nitrogens with zero attached hydrogens (tertiary/aromatic N) is 3. The van der Waals surface area contributed by atoms with Crippen LogP contribution < -0.4 is 15.6 Å². The Morgan fingerprint density at radius 1 is 1.09 bits per heavy atom. The Morgan fingerprint density at radius 3 is 2.46 bits per heavy atom. The van der Waals surface area contributed by atoms with Gasteiger partial charge in [0, 0.05) is 19.2 Å². The molecule has 1 saturated heterocycles. The summed E-state index contributed by atoms with van der Waals surface area (Å²) in [5.41, 5.74) is 0.852. The lowest BCUT2D eigenvalue weighted by atomic mass is 10.1. The smallest absolute Gasteiger partial charge is 0.193 e. The van der Waals surface area contributed by atoms with Crippen LogP contribution in [0.1, 0.15) is 31.7 Å². The fourth-order valence-electron chi connectivity index (χ4n) is 4.23. The third-order valence-corrected chi connectivity index (χ3v) is 5.87. The third-order valence-electron chi connectivity index (χ3n) is 5.87. The molecule has 35 heavy (non-hydrogen) atoms. The number of hydrogen-bond acceptors (Lipinski definition) is 4. The van der Waals surface area contributed by atoms with Gasteiger partial charge in [-0.15, -0.1) is 0 Å². The molecule has 0 spiro atoms. The number of piperidine rings is 1. The normalized spacial score (nSPS) is 14.3. The van der Waals surface area contributed by atoms with E-state index in [4.69, 9.17) is 0 Å². The molecule has 0 saturated carbocycles. The van der Waals surface area contributed by atoms with Crippen LogP contribution in [0.2, 0.25) is 0 Å². The number of rotatable bonds is 6. The van der Waals surface area contributed by atoms with Crippen LogP contribution in [0.5, 0.6) is 0 Å². The van der Waals surface area contributed by atoms with Crippen LogP contribution in [0.4, 0.5) is 24.8 Å². The van der Waals surface area contributed by atoms with Gasteiger partial charge in [-0.3, -0.25) is 9.36 Å². The van der Waals surface area contributed by atoms with Gasteiger partial charge >= 0.3 is 0 Å². The Bertz CT molecular complexity index is 1420. The second-order valence-electron chi connectivity index (χ2n) is 8.83. The number of benzene rings is 1. The summed E-state index contributed by atoms with van der Waals surface area (Å²) in [6.07, 6.45) is 4.26. The van der Waals surface area contributed by atoms with Gasteiger partial charge in [0.1, 0.15) is 17.5 Å². The molecule has 0 atom stereocenters. The predicted molar refractivity (Wildman–Crippen MR) is 135 cm³/mol. The maximum absolute atomic E-state index is 15.1. The van der Waals surface area contributed by atoms with Crippen molar-refractivity contribution in [3.63, 3.8) is 0 Å². The molecule has 1 fully saturated rings. The molecule has 3 aromatic rings. The highest BCUT2D eigenvalue weighted by molar-refractivity contribution is 5.82. The quantitative estimate of drug-likeness (QED) is 0.420. The summed E-state index contributed by atoms with van der Waals surface area (Å²) in [5, 5.41) is 2.83. The highest BCUT2D eigenvalue weighted by atomic mass is 19.1. The maximum atomic E-state index is 15.1. The minimum Gasteiger partial charge on any atom is -0.354 e. The number of anilines is 2. The fourth-order valence-corrected chi connectivity index (χ4v) is 4.23. The lowest BCUT2D eigenvalue weighted by Gasteiger charge is -2.28. The van der Waals surface area contributed by atoms with Crippen molar-refractivity contribution in [2.24, 2.45) is 0 Å². The number of hydrogen-bond donors (Lipinski definition) is 1. The van der Waals surface area contributed by atoms with Gasteiger partial charge < -0.3 is 10.2 Å². The molecule has 8 heteroatoms. The van der Waals surface area contributed by atoms with Gasteiger partial charge in [-0.2, -0.15) is 0 Å². The first kappa shape index (κ1) is 24.3. The van der Waals surface area contributed by atoms with Crippen LogP contribution in [-0.2, 0) is 0 Å². The van der Waals surface area contributed by atoms with E-state index in [-0.39, 0.29) is 34.1 Å². The average molecular weight is 481 g/mol. The number of nitrogens with one attached hydrogen (secondary N) is 1. The van der Waals surface area contributed by atoms with Crippen molar-refractivity contribution in [3.8, 4) is 5.69 Å². The van der Waals surface area contributed by atoms with Crippen LogP contribution in [0.25, 0.3) is 16.7 Å². The SMILES string of the molecule is C=C(C)/C=C(/Nc1cc(=O)c2cc(F)c(N3CCCCC3)nc2n1-c1cc(C)ccc1F)C(=C)F. The zero-order chi connectivity index (χ0) is 25.3. The van der Waals surface area contributed by atoms with Gasteiger partial charge in [0.15, 0.2) is 22.7 Å². The van der Waals surface area contributed by atoms with E-state index in [1.165, 1.54) is 22.8 Å². The fraction of sp³-hybridized carbons (Fsp3) is 0.259. The lowest BCUT2D eigenvalue weighted by Crippen LogP contribution is -2.31. The summed E-state index contributed by atoms with van der Waals surface area (Å²) in [6.45, 7) is 11.8. The van der Waals surface area contributed by atoms with Crippen LogP contribution in [-0.4, -0.2) is 22.6 Å². The Hall–Kier alpha value is -3.81. The molecule has 1 aromatic carbocycles. The van der Waals surface area contributed by atoms with E-state index in [0.717, 1.165) is 30.9 Å². The van der Waals surface area contributed by atoms with E-state index < -0.39 is 22.9 Å². The van der Waals surface area contributed by atoms with E-state index in [9.17, 15) is 9.18 Å². The molecular weight excluding hydrogens is 453 g/mol. The molecule has 4 rings (SSSR count). The minimum absolute atomic E-state index is 0.0146. The third kappa shape index (κ3) is 5.01. The first-order valence-electron chi connectivity index (χ1n) is 11.4. The second kappa shape index (κ2) is 9.82.